The molecule has 5 N–H and O–H groups in total. The first-order valence-electron chi connectivity index (χ1n) is 7.89. The summed E-state index contributed by atoms with van der Waals surface area (Å²) in [5.41, 5.74) is 5.52. The number of nitrogens with one attached hydrogen (secondary N) is 3. The molecule has 3 amide bonds. The van der Waals surface area contributed by atoms with Crippen LogP contribution in [0, 0.1) is 0 Å². The lowest BCUT2D eigenvalue weighted by Gasteiger charge is -2.00. The standard InChI is InChI=1S/C15H20N6O5/c1-9(22)18-5-12-21-11(8-25-12)15(24)19-6-13-20-10(7-26-13)14(23)17-4-2-3-16/h7-8H,2-6,16H2,1H3,(H,17,23)(H,18,22)(H,19,24). The Hall–Kier alpha value is -3.21. The van der Waals surface area contributed by atoms with E-state index < -0.39 is 5.91 Å². The highest BCUT2D eigenvalue weighted by Gasteiger charge is 2.15. The number of oxazole rings is 2. The number of carbonyl (C=O) groups is 3. The Morgan fingerprint density at radius 2 is 1.50 bits per heavy atom. The molecule has 0 unspecified atom stereocenters. The van der Waals surface area contributed by atoms with Gasteiger partial charge in [-0.25, -0.2) is 9.97 Å². The first-order chi connectivity index (χ1) is 12.5. The molecule has 140 valence electrons. The molecule has 11 heteroatoms. The van der Waals surface area contributed by atoms with E-state index >= 15 is 0 Å². The van der Waals surface area contributed by atoms with Crippen LogP contribution < -0.4 is 21.7 Å². The van der Waals surface area contributed by atoms with E-state index in [0.717, 1.165) is 0 Å². The van der Waals surface area contributed by atoms with E-state index in [0.29, 0.717) is 19.5 Å². The van der Waals surface area contributed by atoms with Crippen LogP contribution in [0.5, 0.6) is 0 Å². The number of rotatable bonds is 9. The highest BCUT2D eigenvalue weighted by molar-refractivity contribution is 5.92. The fraction of sp³-hybridized carbons (Fsp3) is 0.400. The second kappa shape index (κ2) is 9.32. The van der Waals surface area contributed by atoms with Crippen molar-refractivity contribution in [3.05, 3.63) is 35.7 Å². The zero-order valence-corrected chi connectivity index (χ0v) is 14.2. The maximum Gasteiger partial charge on any atom is 0.273 e. The third kappa shape index (κ3) is 5.70. The molecule has 26 heavy (non-hydrogen) atoms. The smallest absolute Gasteiger partial charge is 0.273 e. The summed E-state index contributed by atoms with van der Waals surface area (Å²) < 4.78 is 10.2. The van der Waals surface area contributed by atoms with Crippen LogP contribution in [0.3, 0.4) is 0 Å². The molecule has 0 radical (unpaired) electrons. The minimum absolute atomic E-state index is 0.0250. The molecule has 0 fully saturated rings. The lowest BCUT2D eigenvalue weighted by molar-refractivity contribution is -0.119. The van der Waals surface area contributed by atoms with Gasteiger partial charge in [-0.05, 0) is 13.0 Å². The highest BCUT2D eigenvalue weighted by Crippen LogP contribution is 2.04. The molecule has 0 aromatic carbocycles. The van der Waals surface area contributed by atoms with Gasteiger partial charge in [0, 0.05) is 13.5 Å². The SMILES string of the molecule is CC(=O)NCc1nc(C(=O)NCc2nc(C(=O)NCCCN)co2)co1. The molecule has 0 aliphatic heterocycles. The summed E-state index contributed by atoms with van der Waals surface area (Å²) in [7, 11) is 0. The van der Waals surface area contributed by atoms with Gasteiger partial charge in [0.25, 0.3) is 11.8 Å². The molecule has 0 saturated heterocycles. The summed E-state index contributed by atoms with van der Waals surface area (Å²) in [6, 6.07) is 0. The van der Waals surface area contributed by atoms with Crippen LogP contribution in [0.15, 0.2) is 21.4 Å². The monoisotopic (exact) mass is 364 g/mol. The van der Waals surface area contributed by atoms with Gasteiger partial charge in [-0.15, -0.1) is 0 Å². The summed E-state index contributed by atoms with van der Waals surface area (Å²) in [6.07, 6.45) is 3.05. The predicted octanol–water partition coefficient (Wildman–Crippen LogP) is -0.693. The third-order valence-corrected chi connectivity index (χ3v) is 3.12. The minimum atomic E-state index is -0.505. The topological polar surface area (TPSA) is 165 Å². The predicted molar refractivity (Wildman–Crippen MR) is 87.7 cm³/mol. The Labute approximate surface area is 148 Å². The average molecular weight is 364 g/mol. The molecule has 0 atom stereocenters. The van der Waals surface area contributed by atoms with Crippen molar-refractivity contribution in [1.82, 2.24) is 25.9 Å². The normalized spacial score (nSPS) is 10.4. The quantitative estimate of drug-likeness (QED) is 0.424. The zero-order chi connectivity index (χ0) is 18.9. The van der Waals surface area contributed by atoms with Gasteiger partial charge in [0.2, 0.25) is 17.7 Å². The Bertz CT molecular complexity index is 768. The summed E-state index contributed by atoms with van der Waals surface area (Å²) in [5, 5.41) is 7.70. The lowest BCUT2D eigenvalue weighted by atomic mass is 10.4. The number of aromatic nitrogens is 2. The van der Waals surface area contributed by atoms with Gasteiger partial charge < -0.3 is 30.5 Å². The molecule has 0 spiro atoms. The Balaban J connectivity index is 1.82. The van der Waals surface area contributed by atoms with Gasteiger partial charge in [-0.2, -0.15) is 0 Å². The summed E-state index contributed by atoms with van der Waals surface area (Å²) in [5.74, 6) is -0.739. The number of nitrogens with two attached hydrogens (primary N) is 1. The number of carbonyl (C=O) groups excluding carboxylic acids is 3. The Kier molecular flexibility index (Phi) is 6.85. The number of hydrogen-bond donors (Lipinski definition) is 4. The van der Waals surface area contributed by atoms with Gasteiger partial charge in [-0.3, -0.25) is 14.4 Å². The number of hydrogen-bond acceptors (Lipinski definition) is 8. The van der Waals surface area contributed by atoms with Gasteiger partial charge in [0.1, 0.15) is 12.5 Å². The minimum Gasteiger partial charge on any atom is -0.446 e. The van der Waals surface area contributed by atoms with Gasteiger partial charge in [-0.1, -0.05) is 0 Å². The molecular weight excluding hydrogens is 344 g/mol. The number of nitrogens with zero attached hydrogens (tertiary/aromatic N) is 2. The van der Waals surface area contributed by atoms with Crippen LogP contribution in [0.1, 0.15) is 46.1 Å². The second-order valence-corrected chi connectivity index (χ2v) is 5.24. The van der Waals surface area contributed by atoms with E-state index in [1.165, 1.54) is 19.5 Å². The molecule has 0 saturated carbocycles. The van der Waals surface area contributed by atoms with Crippen molar-refractivity contribution in [2.75, 3.05) is 13.1 Å². The third-order valence-electron chi connectivity index (χ3n) is 3.12. The Morgan fingerprint density at radius 3 is 2.04 bits per heavy atom. The second-order valence-electron chi connectivity index (χ2n) is 5.24. The van der Waals surface area contributed by atoms with Gasteiger partial charge in [0.15, 0.2) is 11.4 Å². The van der Waals surface area contributed by atoms with Crippen molar-refractivity contribution >= 4 is 17.7 Å². The first-order valence-corrected chi connectivity index (χ1v) is 7.89. The molecule has 2 aromatic heterocycles. The molecular formula is C15H20N6O5. The van der Waals surface area contributed by atoms with Crippen molar-refractivity contribution in [2.45, 2.75) is 26.4 Å². The molecule has 0 bridgehead atoms. The zero-order valence-electron chi connectivity index (χ0n) is 14.2. The maximum atomic E-state index is 12.0. The molecule has 2 rings (SSSR count). The van der Waals surface area contributed by atoms with Crippen molar-refractivity contribution in [2.24, 2.45) is 5.73 Å². The van der Waals surface area contributed by atoms with Crippen molar-refractivity contribution in [3.8, 4) is 0 Å². The largest absolute Gasteiger partial charge is 0.446 e. The highest BCUT2D eigenvalue weighted by atomic mass is 16.3. The molecule has 2 heterocycles. The molecule has 2 aromatic rings. The summed E-state index contributed by atoms with van der Waals surface area (Å²) >= 11 is 0. The van der Waals surface area contributed by atoms with E-state index in [1.54, 1.807) is 0 Å². The van der Waals surface area contributed by atoms with E-state index in [4.69, 9.17) is 14.6 Å². The first kappa shape index (κ1) is 19.1. The van der Waals surface area contributed by atoms with Crippen LogP contribution in [-0.2, 0) is 17.9 Å². The fourth-order valence-electron chi connectivity index (χ4n) is 1.83. The van der Waals surface area contributed by atoms with Crippen molar-refractivity contribution in [3.63, 3.8) is 0 Å². The van der Waals surface area contributed by atoms with Crippen LogP contribution in [-0.4, -0.2) is 40.8 Å². The van der Waals surface area contributed by atoms with E-state index in [1.807, 2.05) is 0 Å². The van der Waals surface area contributed by atoms with E-state index in [2.05, 4.69) is 25.9 Å². The maximum absolute atomic E-state index is 12.0. The lowest BCUT2D eigenvalue weighted by Crippen LogP contribution is -2.26. The average Bonchev–Trinajstić information content (AvgIpc) is 3.27. The van der Waals surface area contributed by atoms with Crippen LogP contribution in [0.25, 0.3) is 0 Å². The number of amides is 3. The molecule has 0 aliphatic carbocycles. The van der Waals surface area contributed by atoms with Crippen molar-refractivity contribution in [1.29, 1.82) is 0 Å². The van der Waals surface area contributed by atoms with E-state index in [-0.39, 0.29) is 48.1 Å². The van der Waals surface area contributed by atoms with Gasteiger partial charge in [0.05, 0.1) is 13.1 Å². The molecule has 11 nitrogen and oxygen atoms in total. The summed E-state index contributed by atoms with van der Waals surface area (Å²) in [4.78, 5) is 42.6. The Morgan fingerprint density at radius 1 is 0.962 bits per heavy atom. The molecule has 0 aliphatic rings. The van der Waals surface area contributed by atoms with Crippen LogP contribution in [0.4, 0.5) is 0 Å². The van der Waals surface area contributed by atoms with E-state index in [9.17, 15) is 14.4 Å². The van der Waals surface area contributed by atoms with Crippen LogP contribution in [0.2, 0.25) is 0 Å². The van der Waals surface area contributed by atoms with Crippen molar-refractivity contribution < 1.29 is 23.2 Å². The fourth-order valence-corrected chi connectivity index (χ4v) is 1.83. The van der Waals surface area contributed by atoms with Crippen LogP contribution >= 0.6 is 0 Å². The van der Waals surface area contributed by atoms with Gasteiger partial charge >= 0.3 is 0 Å². The summed E-state index contributed by atoms with van der Waals surface area (Å²) in [6.45, 7) is 2.35.